The van der Waals surface area contributed by atoms with Crippen molar-refractivity contribution in [2.45, 2.75) is 4.21 Å². The van der Waals surface area contributed by atoms with Gasteiger partial charge < -0.3 is 5.73 Å². The summed E-state index contributed by atoms with van der Waals surface area (Å²) in [7, 11) is -3.07. The molecular formula is C6H9NO2S2. The van der Waals surface area contributed by atoms with E-state index in [2.05, 4.69) is 0 Å². The number of rotatable bonds is 3. The molecule has 0 aliphatic heterocycles. The van der Waals surface area contributed by atoms with Gasteiger partial charge in [0.2, 0.25) is 0 Å². The molecule has 1 aromatic rings. The maximum Gasteiger partial charge on any atom is 0.188 e. The van der Waals surface area contributed by atoms with Crippen LogP contribution in [0, 0.1) is 0 Å². The summed E-state index contributed by atoms with van der Waals surface area (Å²) < 4.78 is 22.9. The van der Waals surface area contributed by atoms with Gasteiger partial charge in [0.05, 0.1) is 5.75 Å². The average molecular weight is 191 g/mol. The molecule has 62 valence electrons. The second-order valence-corrected chi connectivity index (χ2v) is 5.32. The highest BCUT2D eigenvalue weighted by molar-refractivity contribution is 7.93. The molecule has 3 nitrogen and oxygen atoms in total. The maximum atomic E-state index is 11.2. The zero-order valence-electron chi connectivity index (χ0n) is 5.86. The van der Waals surface area contributed by atoms with Gasteiger partial charge in [-0.3, -0.25) is 0 Å². The fraction of sp³-hybridized carbons (Fsp3) is 0.333. The lowest BCUT2D eigenvalue weighted by molar-refractivity contribution is 0.598. The molecule has 2 N–H and O–H groups in total. The van der Waals surface area contributed by atoms with Crippen molar-refractivity contribution in [3.63, 3.8) is 0 Å². The summed E-state index contributed by atoms with van der Waals surface area (Å²) in [4.78, 5) is 0. The zero-order valence-corrected chi connectivity index (χ0v) is 7.49. The van der Waals surface area contributed by atoms with Crippen LogP contribution in [-0.2, 0) is 9.84 Å². The summed E-state index contributed by atoms with van der Waals surface area (Å²) in [6, 6.07) is 3.31. The highest BCUT2D eigenvalue weighted by Crippen LogP contribution is 2.16. The van der Waals surface area contributed by atoms with Crippen LogP contribution in [0.2, 0.25) is 0 Å². The third-order valence-corrected chi connectivity index (χ3v) is 4.42. The predicted octanol–water partition coefficient (Wildman–Crippen LogP) is 0.481. The lowest BCUT2D eigenvalue weighted by Crippen LogP contribution is -2.14. The van der Waals surface area contributed by atoms with Gasteiger partial charge in [-0.25, -0.2) is 8.42 Å². The molecule has 1 heterocycles. The Hall–Kier alpha value is -0.390. The van der Waals surface area contributed by atoms with E-state index in [1.54, 1.807) is 17.5 Å². The van der Waals surface area contributed by atoms with Crippen LogP contribution in [-0.4, -0.2) is 20.7 Å². The molecule has 0 atom stereocenters. The van der Waals surface area contributed by atoms with E-state index >= 15 is 0 Å². The first-order valence-electron chi connectivity index (χ1n) is 3.13. The molecule has 0 spiro atoms. The standard InChI is InChI=1S/C6H9NO2S2/c7-3-5-11(8,9)6-2-1-4-10-6/h1-2,4H,3,5,7H2. The van der Waals surface area contributed by atoms with Crippen LogP contribution in [0.1, 0.15) is 0 Å². The molecule has 0 saturated carbocycles. The zero-order chi connectivity index (χ0) is 8.32. The maximum absolute atomic E-state index is 11.2. The predicted molar refractivity (Wildman–Crippen MR) is 45.4 cm³/mol. The summed E-state index contributed by atoms with van der Waals surface area (Å²) in [5, 5.41) is 1.74. The van der Waals surface area contributed by atoms with Gasteiger partial charge in [0.15, 0.2) is 9.84 Å². The van der Waals surface area contributed by atoms with Crippen molar-refractivity contribution in [3.8, 4) is 0 Å². The van der Waals surface area contributed by atoms with E-state index in [1.807, 2.05) is 0 Å². The van der Waals surface area contributed by atoms with Crippen molar-refractivity contribution in [1.82, 2.24) is 0 Å². The average Bonchev–Trinajstić information content (AvgIpc) is 2.37. The molecule has 0 radical (unpaired) electrons. The summed E-state index contributed by atoms with van der Waals surface area (Å²) in [6.07, 6.45) is 0. The minimum absolute atomic E-state index is 0.0352. The highest BCUT2D eigenvalue weighted by atomic mass is 32.2. The lowest BCUT2D eigenvalue weighted by Gasteiger charge is -1.96. The second-order valence-electron chi connectivity index (χ2n) is 2.04. The Morgan fingerprint density at radius 1 is 1.55 bits per heavy atom. The van der Waals surface area contributed by atoms with Crippen molar-refractivity contribution in [2.75, 3.05) is 12.3 Å². The summed E-state index contributed by atoms with van der Waals surface area (Å²) in [5.74, 6) is 0.0352. The van der Waals surface area contributed by atoms with Gasteiger partial charge in [-0.15, -0.1) is 11.3 Å². The lowest BCUT2D eigenvalue weighted by atomic mass is 10.7. The SMILES string of the molecule is NCCS(=O)(=O)c1cccs1. The number of nitrogens with two attached hydrogens (primary N) is 1. The van der Waals surface area contributed by atoms with E-state index in [-0.39, 0.29) is 12.3 Å². The van der Waals surface area contributed by atoms with Crippen LogP contribution in [0.5, 0.6) is 0 Å². The summed E-state index contributed by atoms with van der Waals surface area (Å²) >= 11 is 1.23. The normalized spacial score (nSPS) is 11.7. The van der Waals surface area contributed by atoms with Crippen molar-refractivity contribution < 1.29 is 8.42 Å². The minimum atomic E-state index is -3.07. The Labute approximate surface area is 69.8 Å². The molecule has 0 fully saturated rings. The monoisotopic (exact) mass is 191 g/mol. The number of sulfone groups is 1. The number of thiophene rings is 1. The Kier molecular flexibility index (Phi) is 2.64. The number of hydrogen-bond donors (Lipinski definition) is 1. The highest BCUT2D eigenvalue weighted by Gasteiger charge is 2.12. The molecule has 0 saturated heterocycles. The topological polar surface area (TPSA) is 60.2 Å². The fourth-order valence-corrected chi connectivity index (χ4v) is 2.95. The molecule has 0 aliphatic carbocycles. The van der Waals surface area contributed by atoms with Crippen LogP contribution in [0.4, 0.5) is 0 Å². The Balaban J connectivity index is 2.92. The van der Waals surface area contributed by atoms with Gasteiger partial charge in [0, 0.05) is 6.54 Å². The molecule has 0 aromatic carbocycles. The first kappa shape index (κ1) is 8.70. The van der Waals surface area contributed by atoms with E-state index in [9.17, 15) is 8.42 Å². The van der Waals surface area contributed by atoms with Gasteiger partial charge in [0.25, 0.3) is 0 Å². The third-order valence-electron chi connectivity index (χ3n) is 1.19. The molecule has 0 aliphatic rings. The third kappa shape index (κ3) is 2.02. The Morgan fingerprint density at radius 3 is 2.73 bits per heavy atom. The summed E-state index contributed by atoms with van der Waals surface area (Å²) in [6.45, 7) is 0.181. The van der Waals surface area contributed by atoms with Crippen molar-refractivity contribution in [3.05, 3.63) is 17.5 Å². The van der Waals surface area contributed by atoms with Crippen LogP contribution in [0.25, 0.3) is 0 Å². The molecule has 1 aromatic heterocycles. The molecule has 11 heavy (non-hydrogen) atoms. The molecule has 0 unspecified atom stereocenters. The molecule has 0 amide bonds. The minimum Gasteiger partial charge on any atom is -0.329 e. The molecule has 1 rings (SSSR count). The van der Waals surface area contributed by atoms with E-state index < -0.39 is 9.84 Å². The Bertz CT molecular complexity index is 301. The smallest absolute Gasteiger partial charge is 0.188 e. The van der Waals surface area contributed by atoms with Gasteiger partial charge in [-0.2, -0.15) is 0 Å². The van der Waals surface area contributed by atoms with E-state index in [4.69, 9.17) is 5.73 Å². The van der Waals surface area contributed by atoms with E-state index in [1.165, 1.54) is 11.3 Å². The van der Waals surface area contributed by atoms with Gasteiger partial charge in [-0.05, 0) is 11.4 Å². The molecule has 5 heteroatoms. The van der Waals surface area contributed by atoms with Crippen LogP contribution in [0.15, 0.2) is 21.7 Å². The van der Waals surface area contributed by atoms with E-state index in [0.29, 0.717) is 4.21 Å². The van der Waals surface area contributed by atoms with E-state index in [0.717, 1.165) is 0 Å². The molecule has 0 bridgehead atoms. The largest absolute Gasteiger partial charge is 0.329 e. The van der Waals surface area contributed by atoms with Crippen LogP contribution >= 0.6 is 11.3 Å². The Morgan fingerprint density at radius 2 is 2.27 bits per heavy atom. The van der Waals surface area contributed by atoms with Crippen LogP contribution < -0.4 is 5.73 Å². The van der Waals surface area contributed by atoms with Gasteiger partial charge in [0.1, 0.15) is 4.21 Å². The fourth-order valence-electron chi connectivity index (χ4n) is 0.696. The molecular weight excluding hydrogens is 182 g/mol. The van der Waals surface area contributed by atoms with Gasteiger partial charge in [-0.1, -0.05) is 6.07 Å². The quantitative estimate of drug-likeness (QED) is 0.756. The van der Waals surface area contributed by atoms with Crippen molar-refractivity contribution in [1.29, 1.82) is 0 Å². The van der Waals surface area contributed by atoms with Crippen molar-refractivity contribution >= 4 is 21.2 Å². The number of hydrogen-bond acceptors (Lipinski definition) is 4. The summed E-state index contributed by atoms with van der Waals surface area (Å²) in [5.41, 5.74) is 5.15. The van der Waals surface area contributed by atoms with Crippen molar-refractivity contribution in [2.24, 2.45) is 5.73 Å². The van der Waals surface area contributed by atoms with Crippen LogP contribution in [0.3, 0.4) is 0 Å². The second kappa shape index (κ2) is 3.34. The first-order valence-corrected chi connectivity index (χ1v) is 5.66. The first-order chi connectivity index (χ1) is 5.17. The van der Waals surface area contributed by atoms with Gasteiger partial charge >= 0.3 is 0 Å².